The molecule has 0 aliphatic heterocycles. The fraction of sp³-hybridized carbons (Fsp3) is 0.562. The highest BCUT2D eigenvalue weighted by Crippen LogP contribution is 2.20. The van der Waals surface area contributed by atoms with Gasteiger partial charge in [-0.25, -0.2) is 0 Å². The quantitative estimate of drug-likeness (QED) is 0.768. The minimum atomic E-state index is 0.104. The van der Waals surface area contributed by atoms with Crippen LogP contribution in [0.15, 0.2) is 24.3 Å². The number of carbonyl (C=O) groups excluding carboxylic acids is 1. The zero-order valence-corrected chi connectivity index (χ0v) is 13.3. The topological polar surface area (TPSA) is 41.1 Å². The van der Waals surface area contributed by atoms with Crippen LogP contribution in [-0.4, -0.2) is 18.5 Å². The molecule has 20 heavy (non-hydrogen) atoms. The van der Waals surface area contributed by atoms with E-state index < -0.39 is 0 Å². The van der Waals surface area contributed by atoms with E-state index in [4.69, 9.17) is 11.6 Å². The molecule has 0 spiro atoms. The van der Waals surface area contributed by atoms with Gasteiger partial charge in [-0.1, -0.05) is 37.6 Å². The lowest BCUT2D eigenvalue weighted by atomic mass is 10.0. The molecule has 0 saturated carbocycles. The average Bonchev–Trinajstić information content (AvgIpc) is 2.43. The summed E-state index contributed by atoms with van der Waals surface area (Å²) < 4.78 is 0. The molecule has 2 N–H and O–H groups in total. The van der Waals surface area contributed by atoms with Crippen molar-refractivity contribution in [2.45, 2.75) is 52.1 Å². The SMILES string of the molecule is CCC(C)NC(=O)CCNC(CC)c1cccc(Cl)c1. The highest BCUT2D eigenvalue weighted by Gasteiger charge is 2.10. The Morgan fingerprint density at radius 3 is 2.65 bits per heavy atom. The van der Waals surface area contributed by atoms with E-state index in [0.717, 1.165) is 17.9 Å². The molecule has 0 radical (unpaired) electrons. The molecule has 2 unspecified atom stereocenters. The van der Waals surface area contributed by atoms with Crippen LogP contribution in [0.3, 0.4) is 0 Å². The summed E-state index contributed by atoms with van der Waals surface area (Å²) in [6.45, 7) is 6.88. The van der Waals surface area contributed by atoms with Gasteiger partial charge in [0.15, 0.2) is 0 Å². The van der Waals surface area contributed by atoms with Gasteiger partial charge in [-0.3, -0.25) is 4.79 Å². The van der Waals surface area contributed by atoms with Gasteiger partial charge in [-0.15, -0.1) is 0 Å². The predicted molar refractivity (Wildman–Crippen MR) is 85.0 cm³/mol. The van der Waals surface area contributed by atoms with E-state index in [1.807, 2.05) is 25.1 Å². The summed E-state index contributed by atoms with van der Waals surface area (Å²) in [6, 6.07) is 8.35. The molecule has 112 valence electrons. The lowest BCUT2D eigenvalue weighted by molar-refractivity contribution is -0.121. The van der Waals surface area contributed by atoms with Crippen molar-refractivity contribution < 1.29 is 4.79 Å². The van der Waals surface area contributed by atoms with Gasteiger partial charge in [-0.2, -0.15) is 0 Å². The normalized spacial score (nSPS) is 13.8. The van der Waals surface area contributed by atoms with Crippen molar-refractivity contribution in [2.75, 3.05) is 6.54 Å². The van der Waals surface area contributed by atoms with E-state index in [-0.39, 0.29) is 18.0 Å². The first-order chi connectivity index (χ1) is 9.56. The third-order valence-corrected chi connectivity index (χ3v) is 3.66. The van der Waals surface area contributed by atoms with Crippen molar-refractivity contribution in [2.24, 2.45) is 0 Å². The zero-order valence-electron chi connectivity index (χ0n) is 12.6. The summed E-state index contributed by atoms with van der Waals surface area (Å²) in [6.07, 6.45) is 2.42. The van der Waals surface area contributed by atoms with E-state index in [0.29, 0.717) is 13.0 Å². The van der Waals surface area contributed by atoms with Crippen LogP contribution in [0, 0.1) is 0 Å². The summed E-state index contributed by atoms with van der Waals surface area (Å²) >= 11 is 6.01. The minimum Gasteiger partial charge on any atom is -0.354 e. The Morgan fingerprint density at radius 1 is 1.30 bits per heavy atom. The second kappa shape index (κ2) is 8.98. The standard InChI is InChI=1S/C16H25ClN2O/c1-4-12(3)19-16(20)9-10-18-15(5-2)13-7-6-8-14(17)11-13/h6-8,11-12,15,18H,4-5,9-10H2,1-3H3,(H,19,20). The van der Waals surface area contributed by atoms with Gasteiger partial charge in [0.05, 0.1) is 0 Å². The molecule has 1 rings (SSSR count). The van der Waals surface area contributed by atoms with Gasteiger partial charge < -0.3 is 10.6 Å². The average molecular weight is 297 g/mol. The monoisotopic (exact) mass is 296 g/mol. The first-order valence-electron chi connectivity index (χ1n) is 7.35. The second-order valence-corrected chi connectivity index (χ2v) is 5.53. The van der Waals surface area contributed by atoms with Crippen molar-refractivity contribution in [1.29, 1.82) is 0 Å². The van der Waals surface area contributed by atoms with Crippen LogP contribution in [0.5, 0.6) is 0 Å². The second-order valence-electron chi connectivity index (χ2n) is 5.10. The molecule has 1 aromatic rings. The van der Waals surface area contributed by atoms with Crippen LogP contribution in [-0.2, 0) is 4.79 Å². The number of hydrogen-bond donors (Lipinski definition) is 2. The fourth-order valence-corrected chi connectivity index (χ4v) is 2.23. The molecule has 0 aliphatic carbocycles. The Bertz CT molecular complexity index is 423. The molecule has 2 atom stereocenters. The van der Waals surface area contributed by atoms with Crippen LogP contribution in [0.25, 0.3) is 0 Å². The number of hydrogen-bond acceptors (Lipinski definition) is 2. The van der Waals surface area contributed by atoms with Crippen LogP contribution in [0.4, 0.5) is 0 Å². The summed E-state index contributed by atoms with van der Waals surface area (Å²) in [4.78, 5) is 11.7. The molecule has 4 heteroatoms. The summed E-state index contributed by atoms with van der Waals surface area (Å²) in [5, 5.41) is 7.13. The van der Waals surface area contributed by atoms with Gasteiger partial charge in [0.25, 0.3) is 0 Å². The van der Waals surface area contributed by atoms with Gasteiger partial charge in [0, 0.05) is 30.1 Å². The third-order valence-electron chi connectivity index (χ3n) is 3.42. The first-order valence-corrected chi connectivity index (χ1v) is 7.72. The molecule has 1 amide bonds. The van der Waals surface area contributed by atoms with E-state index in [1.165, 1.54) is 5.56 Å². The largest absolute Gasteiger partial charge is 0.354 e. The Hall–Kier alpha value is -1.06. The van der Waals surface area contributed by atoms with E-state index in [9.17, 15) is 4.79 Å². The van der Waals surface area contributed by atoms with E-state index in [2.05, 4.69) is 30.5 Å². The maximum atomic E-state index is 11.7. The fourth-order valence-electron chi connectivity index (χ4n) is 2.03. The zero-order chi connectivity index (χ0) is 15.0. The molecular weight excluding hydrogens is 272 g/mol. The molecular formula is C16H25ClN2O. The number of carbonyl (C=O) groups is 1. The molecule has 1 aromatic carbocycles. The molecule has 0 bridgehead atoms. The van der Waals surface area contributed by atoms with Crippen LogP contribution >= 0.6 is 11.6 Å². The number of amides is 1. The molecule has 3 nitrogen and oxygen atoms in total. The van der Waals surface area contributed by atoms with Gasteiger partial charge in [0.2, 0.25) is 5.91 Å². The molecule has 0 heterocycles. The summed E-state index contributed by atoms with van der Waals surface area (Å²) in [5.41, 5.74) is 1.17. The van der Waals surface area contributed by atoms with Crippen molar-refractivity contribution >= 4 is 17.5 Å². The highest BCUT2D eigenvalue weighted by atomic mass is 35.5. The van der Waals surface area contributed by atoms with Crippen LogP contribution in [0.1, 0.15) is 51.6 Å². The Kier molecular flexibility index (Phi) is 7.63. The van der Waals surface area contributed by atoms with Gasteiger partial charge in [0.1, 0.15) is 0 Å². The Morgan fingerprint density at radius 2 is 2.05 bits per heavy atom. The Balaban J connectivity index is 2.41. The number of benzene rings is 1. The molecule has 0 aromatic heterocycles. The third kappa shape index (κ3) is 5.93. The van der Waals surface area contributed by atoms with Crippen LogP contribution in [0.2, 0.25) is 5.02 Å². The molecule has 0 aliphatic rings. The summed E-state index contributed by atoms with van der Waals surface area (Å²) in [5.74, 6) is 0.104. The van der Waals surface area contributed by atoms with Crippen molar-refractivity contribution in [1.82, 2.24) is 10.6 Å². The smallest absolute Gasteiger partial charge is 0.221 e. The number of nitrogens with one attached hydrogen (secondary N) is 2. The summed E-state index contributed by atoms with van der Waals surface area (Å²) in [7, 11) is 0. The van der Waals surface area contributed by atoms with Crippen molar-refractivity contribution in [3.05, 3.63) is 34.9 Å². The number of halogens is 1. The van der Waals surface area contributed by atoms with Crippen LogP contribution < -0.4 is 10.6 Å². The first kappa shape index (κ1) is 17.0. The highest BCUT2D eigenvalue weighted by molar-refractivity contribution is 6.30. The minimum absolute atomic E-state index is 0.104. The lowest BCUT2D eigenvalue weighted by Crippen LogP contribution is -2.34. The maximum Gasteiger partial charge on any atom is 0.221 e. The molecule has 0 fully saturated rings. The van der Waals surface area contributed by atoms with E-state index in [1.54, 1.807) is 0 Å². The van der Waals surface area contributed by atoms with Gasteiger partial charge >= 0.3 is 0 Å². The predicted octanol–water partition coefficient (Wildman–Crippen LogP) is 3.69. The van der Waals surface area contributed by atoms with Crippen molar-refractivity contribution in [3.8, 4) is 0 Å². The van der Waals surface area contributed by atoms with Gasteiger partial charge in [-0.05, 0) is 37.5 Å². The lowest BCUT2D eigenvalue weighted by Gasteiger charge is -2.18. The number of rotatable bonds is 8. The maximum absolute atomic E-state index is 11.7. The molecule has 0 saturated heterocycles. The van der Waals surface area contributed by atoms with Crippen molar-refractivity contribution in [3.63, 3.8) is 0 Å². The van der Waals surface area contributed by atoms with E-state index >= 15 is 0 Å². The Labute approximate surface area is 127 Å².